The number of halogens is 1. The Bertz CT molecular complexity index is 858. The van der Waals surface area contributed by atoms with Gasteiger partial charge in [0.05, 0.1) is 30.9 Å². The summed E-state index contributed by atoms with van der Waals surface area (Å²) in [6.45, 7) is 0. The summed E-state index contributed by atoms with van der Waals surface area (Å²) in [5.74, 6) is 0.857. The third-order valence-electron chi connectivity index (χ3n) is 3.36. The smallest absolute Gasteiger partial charge is 0.339 e. The van der Waals surface area contributed by atoms with Crippen LogP contribution in [0.15, 0.2) is 42.6 Å². The Balaban J connectivity index is 2.27. The third-order valence-corrected chi connectivity index (χ3v) is 3.64. The molecule has 0 unspecified atom stereocenters. The summed E-state index contributed by atoms with van der Waals surface area (Å²) in [5, 5.41) is 0.359. The summed E-state index contributed by atoms with van der Waals surface area (Å²) in [4.78, 5) is 16.1. The predicted molar refractivity (Wildman–Crippen MR) is 83.5 cm³/mol. The van der Waals surface area contributed by atoms with E-state index in [1.165, 1.54) is 7.11 Å². The largest absolute Gasteiger partial charge is 0.496 e. The van der Waals surface area contributed by atoms with Crippen LogP contribution in [0.4, 0.5) is 0 Å². The molecule has 112 valence electrons. The van der Waals surface area contributed by atoms with Gasteiger partial charge in [0.15, 0.2) is 5.15 Å². The number of hydrogen-bond donors (Lipinski definition) is 0. The molecular formula is C16H13ClN2O3. The number of fused-ring (bicyclic) bond motifs is 1. The Morgan fingerprint density at radius 3 is 2.68 bits per heavy atom. The molecule has 0 saturated carbocycles. The molecule has 22 heavy (non-hydrogen) atoms. The van der Waals surface area contributed by atoms with Crippen molar-refractivity contribution in [1.29, 1.82) is 0 Å². The monoisotopic (exact) mass is 316 g/mol. The number of pyridine rings is 1. The Kier molecular flexibility index (Phi) is 3.73. The molecule has 0 spiro atoms. The van der Waals surface area contributed by atoms with Crippen LogP contribution < -0.4 is 4.74 Å². The average molecular weight is 317 g/mol. The van der Waals surface area contributed by atoms with Gasteiger partial charge in [0.2, 0.25) is 0 Å². The van der Waals surface area contributed by atoms with E-state index in [4.69, 9.17) is 21.1 Å². The Hall–Kier alpha value is -2.53. The first-order chi connectivity index (χ1) is 10.7. The number of hydrogen-bond acceptors (Lipinski definition) is 4. The van der Waals surface area contributed by atoms with Crippen LogP contribution in [-0.2, 0) is 4.74 Å². The van der Waals surface area contributed by atoms with Gasteiger partial charge in [-0.3, -0.25) is 4.40 Å². The van der Waals surface area contributed by atoms with Gasteiger partial charge in [0.1, 0.15) is 11.6 Å². The lowest BCUT2D eigenvalue weighted by Gasteiger charge is -2.08. The van der Waals surface area contributed by atoms with Crippen molar-refractivity contribution in [3.05, 3.63) is 53.3 Å². The minimum absolute atomic E-state index is 0.359. The second kappa shape index (κ2) is 5.69. The fourth-order valence-electron chi connectivity index (χ4n) is 2.31. The SMILES string of the molecule is COC(=O)c1ccc2c(Cl)nc(-c3ccccc3OC)n2c1. The maximum Gasteiger partial charge on any atom is 0.339 e. The topological polar surface area (TPSA) is 52.8 Å². The van der Waals surface area contributed by atoms with Gasteiger partial charge in [-0.2, -0.15) is 0 Å². The summed E-state index contributed by atoms with van der Waals surface area (Å²) in [5.41, 5.74) is 1.91. The van der Waals surface area contributed by atoms with Gasteiger partial charge in [-0.1, -0.05) is 23.7 Å². The standard InChI is InChI=1S/C16H13ClN2O3/c1-21-13-6-4-3-5-11(13)15-18-14(17)12-8-7-10(9-19(12)15)16(20)22-2/h3-9H,1-2H3. The molecule has 0 aliphatic carbocycles. The fraction of sp³-hybridized carbons (Fsp3) is 0.125. The Morgan fingerprint density at radius 2 is 1.95 bits per heavy atom. The number of para-hydroxylation sites is 1. The van der Waals surface area contributed by atoms with Crippen LogP contribution in [0.3, 0.4) is 0 Å². The zero-order valence-electron chi connectivity index (χ0n) is 12.0. The van der Waals surface area contributed by atoms with Crippen LogP contribution in [0.1, 0.15) is 10.4 Å². The molecule has 0 radical (unpaired) electrons. The molecule has 0 saturated heterocycles. The lowest BCUT2D eigenvalue weighted by molar-refractivity contribution is 0.0600. The van der Waals surface area contributed by atoms with E-state index in [0.29, 0.717) is 27.8 Å². The van der Waals surface area contributed by atoms with Gasteiger partial charge in [-0.05, 0) is 24.3 Å². The number of rotatable bonds is 3. The van der Waals surface area contributed by atoms with E-state index in [-0.39, 0.29) is 0 Å². The number of imidazole rings is 1. The van der Waals surface area contributed by atoms with Crippen molar-refractivity contribution in [2.75, 3.05) is 14.2 Å². The molecule has 0 atom stereocenters. The number of carbonyl (C=O) groups excluding carboxylic acids is 1. The summed E-state index contributed by atoms with van der Waals surface area (Å²) in [6, 6.07) is 10.9. The van der Waals surface area contributed by atoms with Gasteiger partial charge in [0, 0.05) is 6.20 Å². The Labute approximate surface area is 132 Å². The maximum atomic E-state index is 11.7. The minimum Gasteiger partial charge on any atom is -0.496 e. The van der Waals surface area contributed by atoms with E-state index < -0.39 is 5.97 Å². The normalized spacial score (nSPS) is 10.7. The van der Waals surface area contributed by atoms with Crippen LogP contribution in [0.25, 0.3) is 16.9 Å². The van der Waals surface area contributed by atoms with Crippen molar-refractivity contribution in [1.82, 2.24) is 9.38 Å². The van der Waals surface area contributed by atoms with Gasteiger partial charge in [0.25, 0.3) is 0 Å². The van der Waals surface area contributed by atoms with Crippen LogP contribution in [0.2, 0.25) is 5.15 Å². The molecule has 5 nitrogen and oxygen atoms in total. The molecule has 3 rings (SSSR count). The lowest BCUT2D eigenvalue weighted by atomic mass is 10.2. The van der Waals surface area contributed by atoms with E-state index in [1.807, 2.05) is 24.3 Å². The van der Waals surface area contributed by atoms with Crippen LogP contribution in [0, 0.1) is 0 Å². The highest BCUT2D eigenvalue weighted by molar-refractivity contribution is 6.33. The van der Waals surface area contributed by atoms with Crippen molar-refractivity contribution < 1.29 is 14.3 Å². The molecular weight excluding hydrogens is 304 g/mol. The third kappa shape index (κ3) is 2.29. The van der Waals surface area contributed by atoms with Gasteiger partial charge >= 0.3 is 5.97 Å². The zero-order valence-corrected chi connectivity index (χ0v) is 12.8. The zero-order chi connectivity index (χ0) is 15.7. The van der Waals surface area contributed by atoms with Crippen molar-refractivity contribution in [2.24, 2.45) is 0 Å². The van der Waals surface area contributed by atoms with Crippen LogP contribution in [0.5, 0.6) is 5.75 Å². The molecule has 0 bridgehead atoms. The molecule has 1 aromatic carbocycles. The first-order valence-corrected chi connectivity index (χ1v) is 6.93. The van der Waals surface area contributed by atoms with Crippen molar-refractivity contribution in [3.63, 3.8) is 0 Å². The number of carbonyl (C=O) groups is 1. The molecule has 6 heteroatoms. The number of benzene rings is 1. The summed E-state index contributed by atoms with van der Waals surface area (Å²) in [6.07, 6.45) is 1.65. The Morgan fingerprint density at radius 1 is 1.18 bits per heavy atom. The number of esters is 1. The molecule has 0 aliphatic heterocycles. The number of methoxy groups -OCH3 is 2. The first-order valence-electron chi connectivity index (χ1n) is 6.55. The van der Waals surface area contributed by atoms with E-state index >= 15 is 0 Å². The van der Waals surface area contributed by atoms with E-state index in [0.717, 1.165) is 5.56 Å². The molecule has 0 fully saturated rings. The van der Waals surface area contributed by atoms with Crippen molar-refractivity contribution >= 4 is 23.1 Å². The summed E-state index contributed by atoms with van der Waals surface area (Å²) in [7, 11) is 2.94. The molecule has 0 aliphatic rings. The molecule has 2 heterocycles. The number of ether oxygens (including phenoxy) is 2. The number of nitrogens with zero attached hydrogens (tertiary/aromatic N) is 2. The van der Waals surface area contributed by atoms with Crippen molar-refractivity contribution in [3.8, 4) is 17.1 Å². The summed E-state index contributed by atoms with van der Waals surface area (Å²) >= 11 is 6.20. The van der Waals surface area contributed by atoms with Crippen LogP contribution in [-0.4, -0.2) is 29.6 Å². The second-order valence-electron chi connectivity index (χ2n) is 4.59. The quantitative estimate of drug-likeness (QED) is 0.694. The highest BCUT2D eigenvalue weighted by atomic mass is 35.5. The fourth-order valence-corrected chi connectivity index (χ4v) is 2.54. The predicted octanol–water partition coefficient (Wildman–Crippen LogP) is 3.45. The van der Waals surface area contributed by atoms with Crippen LogP contribution >= 0.6 is 11.6 Å². The van der Waals surface area contributed by atoms with Gasteiger partial charge in [-0.25, -0.2) is 9.78 Å². The van der Waals surface area contributed by atoms with Crippen molar-refractivity contribution in [2.45, 2.75) is 0 Å². The van der Waals surface area contributed by atoms with E-state index in [2.05, 4.69) is 4.98 Å². The molecule has 0 N–H and O–H groups in total. The first kappa shape index (κ1) is 14.4. The summed E-state index contributed by atoms with van der Waals surface area (Å²) < 4.78 is 11.9. The van der Waals surface area contributed by atoms with Gasteiger partial charge < -0.3 is 9.47 Å². The molecule has 0 amide bonds. The molecule has 2 aromatic heterocycles. The highest BCUT2D eigenvalue weighted by Crippen LogP contribution is 2.32. The lowest BCUT2D eigenvalue weighted by Crippen LogP contribution is -2.03. The van der Waals surface area contributed by atoms with E-state index in [1.54, 1.807) is 29.8 Å². The average Bonchev–Trinajstić information content (AvgIpc) is 2.90. The maximum absolute atomic E-state index is 11.7. The van der Waals surface area contributed by atoms with E-state index in [9.17, 15) is 4.79 Å². The molecule has 3 aromatic rings. The number of aromatic nitrogens is 2. The second-order valence-corrected chi connectivity index (χ2v) is 4.95. The highest BCUT2D eigenvalue weighted by Gasteiger charge is 2.16. The minimum atomic E-state index is -0.419. The van der Waals surface area contributed by atoms with Gasteiger partial charge in [-0.15, -0.1) is 0 Å².